The maximum Gasteiger partial charge on any atom is 0.412 e. The number of hydrogen-bond acceptors (Lipinski definition) is 5. The van der Waals surface area contributed by atoms with Crippen molar-refractivity contribution in [3.8, 4) is 5.69 Å². The Hall–Kier alpha value is -2.75. The molecule has 0 bridgehead atoms. The standard InChI is InChI=1S/C16H17ClF2N6O2/c1-8-21-12-10(22-15(26)27-16(2,3)4)5-11(17)23-13(12)25(8)9-6-20-24(7-9)14(18)19/h5-7,14H,1-4H3,(H,22,23,26). The van der Waals surface area contributed by atoms with Crippen LogP contribution < -0.4 is 5.32 Å². The van der Waals surface area contributed by atoms with Crippen LogP contribution in [0.2, 0.25) is 5.15 Å². The second-order valence-corrected chi connectivity index (χ2v) is 7.13. The van der Waals surface area contributed by atoms with Gasteiger partial charge in [-0.2, -0.15) is 13.9 Å². The molecule has 0 aliphatic carbocycles. The highest BCUT2D eigenvalue weighted by atomic mass is 35.5. The third kappa shape index (κ3) is 4.00. The number of pyridine rings is 1. The average molecular weight is 399 g/mol. The molecule has 0 fully saturated rings. The number of alkyl halides is 2. The van der Waals surface area contributed by atoms with Crippen LogP contribution in [0.4, 0.5) is 19.3 Å². The van der Waals surface area contributed by atoms with Crippen molar-refractivity contribution < 1.29 is 18.3 Å². The molecule has 27 heavy (non-hydrogen) atoms. The van der Waals surface area contributed by atoms with Crippen molar-refractivity contribution in [2.75, 3.05) is 5.32 Å². The van der Waals surface area contributed by atoms with Gasteiger partial charge in [0.1, 0.15) is 22.1 Å². The van der Waals surface area contributed by atoms with Gasteiger partial charge in [0.15, 0.2) is 5.65 Å². The number of ether oxygens (including phenoxy) is 1. The second kappa shape index (κ2) is 6.76. The minimum absolute atomic E-state index is 0.0935. The van der Waals surface area contributed by atoms with E-state index in [9.17, 15) is 13.6 Å². The summed E-state index contributed by atoms with van der Waals surface area (Å²) in [5, 5.41) is 6.31. The van der Waals surface area contributed by atoms with Gasteiger partial charge in [-0.25, -0.2) is 19.4 Å². The Bertz CT molecular complexity index is 1010. The van der Waals surface area contributed by atoms with Gasteiger partial charge in [-0.3, -0.25) is 9.88 Å². The van der Waals surface area contributed by atoms with Gasteiger partial charge in [-0.1, -0.05) is 11.6 Å². The molecule has 0 aliphatic rings. The highest BCUT2D eigenvalue weighted by molar-refractivity contribution is 6.30. The fourth-order valence-electron chi connectivity index (χ4n) is 2.49. The zero-order valence-electron chi connectivity index (χ0n) is 15.0. The zero-order chi connectivity index (χ0) is 19.9. The van der Waals surface area contributed by atoms with E-state index >= 15 is 0 Å². The van der Waals surface area contributed by atoms with Gasteiger partial charge in [0.2, 0.25) is 0 Å². The normalized spacial score (nSPS) is 12.0. The molecule has 144 valence electrons. The highest BCUT2D eigenvalue weighted by Gasteiger charge is 2.21. The molecular formula is C16H17ClF2N6O2. The zero-order valence-corrected chi connectivity index (χ0v) is 15.8. The molecule has 11 heteroatoms. The predicted octanol–water partition coefficient (Wildman–Crippen LogP) is 4.32. The molecule has 3 rings (SSSR count). The van der Waals surface area contributed by atoms with Crippen molar-refractivity contribution in [3.63, 3.8) is 0 Å². The van der Waals surface area contributed by atoms with Crippen molar-refractivity contribution in [1.82, 2.24) is 24.3 Å². The number of nitrogens with one attached hydrogen (secondary N) is 1. The topological polar surface area (TPSA) is 86.9 Å². The summed E-state index contributed by atoms with van der Waals surface area (Å²) in [5.41, 5.74) is 0.585. The number of aryl methyl sites for hydroxylation is 1. The van der Waals surface area contributed by atoms with E-state index in [0.29, 0.717) is 33.0 Å². The van der Waals surface area contributed by atoms with Crippen LogP contribution in [0.5, 0.6) is 0 Å². The van der Waals surface area contributed by atoms with Crippen LogP contribution in [0.1, 0.15) is 33.1 Å². The maximum atomic E-state index is 12.8. The quantitative estimate of drug-likeness (QED) is 0.664. The highest BCUT2D eigenvalue weighted by Crippen LogP contribution is 2.29. The summed E-state index contributed by atoms with van der Waals surface area (Å²) in [7, 11) is 0. The molecule has 0 saturated carbocycles. The maximum absolute atomic E-state index is 12.8. The molecule has 3 heterocycles. The van der Waals surface area contributed by atoms with E-state index in [-0.39, 0.29) is 5.15 Å². The molecule has 1 amide bonds. The Morgan fingerprint density at radius 3 is 2.63 bits per heavy atom. The summed E-state index contributed by atoms with van der Waals surface area (Å²) >= 11 is 6.08. The number of fused-ring (bicyclic) bond motifs is 1. The van der Waals surface area contributed by atoms with Crippen molar-refractivity contribution in [3.05, 3.63) is 29.4 Å². The molecule has 8 nitrogen and oxygen atoms in total. The van der Waals surface area contributed by atoms with Gasteiger partial charge in [-0.05, 0) is 27.7 Å². The Labute approximate surface area is 158 Å². The molecule has 0 unspecified atom stereocenters. The minimum Gasteiger partial charge on any atom is -0.444 e. The summed E-state index contributed by atoms with van der Waals surface area (Å²) in [4.78, 5) is 20.7. The van der Waals surface area contributed by atoms with Crippen LogP contribution in [0.3, 0.4) is 0 Å². The van der Waals surface area contributed by atoms with Gasteiger partial charge >= 0.3 is 12.6 Å². The van der Waals surface area contributed by atoms with Crippen LogP contribution in [0.15, 0.2) is 18.5 Å². The molecule has 0 spiro atoms. The summed E-state index contributed by atoms with van der Waals surface area (Å²) in [6.07, 6.45) is 1.76. The van der Waals surface area contributed by atoms with Crippen LogP contribution in [0.25, 0.3) is 16.9 Å². The van der Waals surface area contributed by atoms with Crippen LogP contribution >= 0.6 is 11.6 Å². The average Bonchev–Trinajstić information content (AvgIpc) is 3.09. The number of carbonyl (C=O) groups is 1. The predicted molar refractivity (Wildman–Crippen MR) is 95.5 cm³/mol. The molecule has 0 aliphatic heterocycles. The molecular weight excluding hydrogens is 382 g/mol. The SMILES string of the molecule is Cc1nc2c(NC(=O)OC(C)(C)C)cc(Cl)nc2n1-c1cnn(C(F)F)c1. The second-order valence-electron chi connectivity index (χ2n) is 6.74. The fourth-order valence-corrected chi connectivity index (χ4v) is 2.68. The number of anilines is 1. The Morgan fingerprint density at radius 1 is 1.33 bits per heavy atom. The number of aromatic nitrogens is 5. The van der Waals surface area contributed by atoms with E-state index < -0.39 is 18.2 Å². The first kappa shape index (κ1) is 19.0. The first-order valence-corrected chi connectivity index (χ1v) is 8.31. The van der Waals surface area contributed by atoms with E-state index in [4.69, 9.17) is 16.3 Å². The first-order valence-electron chi connectivity index (χ1n) is 7.93. The van der Waals surface area contributed by atoms with Gasteiger partial charge in [0, 0.05) is 6.07 Å². The molecule has 3 aromatic heterocycles. The lowest BCUT2D eigenvalue weighted by Crippen LogP contribution is -2.27. The summed E-state index contributed by atoms with van der Waals surface area (Å²) in [6, 6.07) is 1.44. The number of amides is 1. The van der Waals surface area contributed by atoms with Crippen LogP contribution in [0, 0.1) is 6.92 Å². The number of rotatable bonds is 3. The lowest BCUT2D eigenvalue weighted by Gasteiger charge is -2.19. The Morgan fingerprint density at radius 2 is 2.04 bits per heavy atom. The van der Waals surface area contributed by atoms with Gasteiger partial charge in [0.25, 0.3) is 0 Å². The van der Waals surface area contributed by atoms with Crippen LogP contribution in [-0.2, 0) is 4.74 Å². The van der Waals surface area contributed by atoms with E-state index in [1.165, 1.54) is 23.0 Å². The van der Waals surface area contributed by atoms with Crippen LogP contribution in [-0.4, -0.2) is 36.0 Å². The van der Waals surface area contributed by atoms with Crippen molar-refractivity contribution in [1.29, 1.82) is 0 Å². The number of carbonyl (C=O) groups excluding carboxylic acids is 1. The monoisotopic (exact) mass is 398 g/mol. The van der Waals surface area contributed by atoms with Crippen molar-refractivity contribution in [2.24, 2.45) is 0 Å². The minimum atomic E-state index is -2.77. The molecule has 1 N–H and O–H groups in total. The number of halogens is 3. The smallest absolute Gasteiger partial charge is 0.412 e. The van der Waals surface area contributed by atoms with E-state index in [2.05, 4.69) is 20.4 Å². The number of imidazole rings is 1. The number of hydrogen-bond donors (Lipinski definition) is 1. The van der Waals surface area contributed by atoms with Crippen molar-refractivity contribution in [2.45, 2.75) is 39.8 Å². The van der Waals surface area contributed by atoms with Gasteiger partial charge < -0.3 is 4.74 Å². The molecule has 0 atom stereocenters. The van der Waals surface area contributed by atoms with E-state index in [1.54, 1.807) is 27.7 Å². The third-order valence-corrected chi connectivity index (χ3v) is 3.63. The van der Waals surface area contributed by atoms with E-state index in [0.717, 1.165) is 0 Å². The Kier molecular flexibility index (Phi) is 4.77. The molecule has 3 aromatic rings. The molecule has 0 saturated heterocycles. The van der Waals surface area contributed by atoms with Gasteiger partial charge in [-0.15, -0.1) is 0 Å². The fraction of sp³-hybridized carbons (Fsp3) is 0.375. The Balaban J connectivity index is 2.07. The summed E-state index contributed by atoms with van der Waals surface area (Å²) in [6.45, 7) is 4.12. The molecule has 0 radical (unpaired) electrons. The lowest BCUT2D eigenvalue weighted by molar-refractivity contribution is 0.0565. The van der Waals surface area contributed by atoms with Crippen molar-refractivity contribution >= 4 is 34.5 Å². The summed E-state index contributed by atoms with van der Waals surface area (Å²) < 4.78 is 32.9. The number of nitrogens with zero attached hydrogens (tertiary/aromatic N) is 5. The first-order chi connectivity index (χ1) is 12.5. The third-order valence-electron chi connectivity index (χ3n) is 3.43. The summed E-state index contributed by atoms with van der Waals surface area (Å²) in [5.74, 6) is 0.459. The lowest BCUT2D eigenvalue weighted by atomic mass is 10.2. The molecule has 0 aromatic carbocycles. The largest absolute Gasteiger partial charge is 0.444 e. The van der Waals surface area contributed by atoms with E-state index in [1.807, 2.05) is 0 Å². The van der Waals surface area contributed by atoms with Gasteiger partial charge in [0.05, 0.1) is 23.8 Å².